The number of carbonyl (C=O) groups is 1. The fourth-order valence-corrected chi connectivity index (χ4v) is 2.84. The molecule has 1 heterocycles. The Hall–Kier alpha value is -1.29. The van der Waals surface area contributed by atoms with E-state index < -0.39 is 11.4 Å². The molecule has 2 fully saturated rings. The molecule has 92 valence electrons. The lowest BCUT2D eigenvalue weighted by Crippen LogP contribution is -2.53. The molecular formula is C13H17NO3. The summed E-state index contributed by atoms with van der Waals surface area (Å²) in [5.74, 6) is 1.86. The molecule has 3 N–H and O–H groups in total. The Kier molecular flexibility index (Phi) is 2.14. The van der Waals surface area contributed by atoms with Crippen molar-refractivity contribution in [2.45, 2.75) is 43.6 Å². The van der Waals surface area contributed by atoms with Crippen LogP contribution in [0.25, 0.3) is 0 Å². The van der Waals surface area contributed by atoms with E-state index in [1.54, 1.807) is 0 Å². The van der Waals surface area contributed by atoms with Gasteiger partial charge in [0.15, 0.2) is 0 Å². The predicted octanol–water partition coefficient (Wildman–Crippen LogP) is 1.85. The monoisotopic (exact) mass is 235 g/mol. The number of aliphatic carboxylic acids is 1. The van der Waals surface area contributed by atoms with Crippen molar-refractivity contribution in [3.63, 3.8) is 0 Å². The van der Waals surface area contributed by atoms with Crippen molar-refractivity contribution in [1.29, 1.82) is 0 Å². The van der Waals surface area contributed by atoms with Gasteiger partial charge in [0.05, 0.1) is 0 Å². The molecule has 2 atom stereocenters. The van der Waals surface area contributed by atoms with E-state index in [2.05, 4.69) is 6.92 Å². The molecule has 4 heteroatoms. The van der Waals surface area contributed by atoms with Gasteiger partial charge >= 0.3 is 5.97 Å². The Labute approximate surface area is 99.8 Å². The maximum absolute atomic E-state index is 11.4. The molecule has 17 heavy (non-hydrogen) atoms. The van der Waals surface area contributed by atoms with Gasteiger partial charge in [0, 0.05) is 12.0 Å². The molecule has 0 saturated heterocycles. The molecule has 0 bridgehead atoms. The number of carboxylic acids is 1. The van der Waals surface area contributed by atoms with Gasteiger partial charge in [-0.25, -0.2) is 0 Å². The molecule has 1 aromatic heterocycles. The highest BCUT2D eigenvalue weighted by atomic mass is 16.4. The second-order valence-electron chi connectivity index (χ2n) is 5.58. The normalized spacial score (nSPS) is 39.8. The molecule has 0 amide bonds. The fraction of sp³-hybridized carbons (Fsp3) is 0.615. The highest BCUT2D eigenvalue weighted by Gasteiger charge is 2.53. The minimum absolute atomic E-state index is 0.0144. The van der Waals surface area contributed by atoms with E-state index in [-0.39, 0.29) is 6.04 Å². The van der Waals surface area contributed by atoms with E-state index in [1.165, 1.54) is 0 Å². The summed E-state index contributed by atoms with van der Waals surface area (Å²) in [5, 5.41) is 9.35. The van der Waals surface area contributed by atoms with Gasteiger partial charge in [-0.3, -0.25) is 4.79 Å². The first-order chi connectivity index (χ1) is 8.03. The average molecular weight is 235 g/mol. The third-order valence-corrected chi connectivity index (χ3v) is 4.20. The minimum atomic E-state index is -0.865. The van der Waals surface area contributed by atoms with Gasteiger partial charge < -0.3 is 15.3 Å². The Bertz CT molecular complexity index is 459. The van der Waals surface area contributed by atoms with E-state index in [0.717, 1.165) is 12.2 Å². The van der Waals surface area contributed by atoms with Crippen molar-refractivity contribution in [3.05, 3.63) is 23.7 Å². The topological polar surface area (TPSA) is 76.5 Å². The van der Waals surface area contributed by atoms with Gasteiger partial charge in [-0.1, -0.05) is 6.92 Å². The number of furan rings is 1. The van der Waals surface area contributed by atoms with Crippen LogP contribution in [0.3, 0.4) is 0 Å². The van der Waals surface area contributed by atoms with Crippen molar-refractivity contribution >= 4 is 5.97 Å². The summed E-state index contributed by atoms with van der Waals surface area (Å²) in [6.45, 7) is 2.18. The quantitative estimate of drug-likeness (QED) is 0.838. The highest BCUT2D eigenvalue weighted by molar-refractivity contribution is 5.82. The molecule has 2 saturated carbocycles. The van der Waals surface area contributed by atoms with Gasteiger partial charge in [0.1, 0.15) is 16.9 Å². The molecule has 4 nitrogen and oxygen atoms in total. The molecule has 0 spiro atoms. The average Bonchev–Trinajstić information content (AvgIpc) is 2.77. The van der Waals surface area contributed by atoms with E-state index in [4.69, 9.17) is 10.2 Å². The number of carboxylic acid groups (broad SMARTS) is 1. The van der Waals surface area contributed by atoms with Crippen LogP contribution in [0, 0.1) is 5.92 Å². The minimum Gasteiger partial charge on any atom is -0.480 e. The van der Waals surface area contributed by atoms with Crippen LogP contribution < -0.4 is 5.73 Å². The Balaban J connectivity index is 1.87. The summed E-state index contributed by atoms with van der Waals surface area (Å²) in [6, 6.07) is 3.73. The summed E-state index contributed by atoms with van der Waals surface area (Å²) in [7, 11) is 0. The van der Waals surface area contributed by atoms with Crippen LogP contribution in [0.15, 0.2) is 16.5 Å². The Morgan fingerprint density at radius 3 is 2.65 bits per heavy atom. The smallest absolute Gasteiger partial charge is 0.317 e. The number of nitrogens with two attached hydrogens (primary N) is 1. The Morgan fingerprint density at radius 2 is 2.18 bits per heavy atom. The highest BCUT2D eigenvalue weighted by Crippen LogP contribution is 2.50. The largest absolute Gasteiger partial charge is 0.480 e. The van der Waals surface area contributed by atoms with Gasteiger partial charge in [-0.05, 0) is 37.3 Å². The molecule has 2 aliphatic carbocycles. The van der Waals surface area contributed by atoms with Crippen LogP contribution in [-0.2, 0) is 10.2 Å². The van der Waals surface area contributed by atoms with Gasteiger partial charge in [0.25, 0.3) is 0 Å². The summed E-state index contributed by atoms with van der Waals surface area (Å²) in [5.41, 5.74) is 4.86. The lowest BCUT2D eigenvalue weighted by atomic mass is 9.64. The van der Waals surface area contributed by atoms with Crippen LogP contribution in [0.4, 0.5) is 0 Å². The van der Waals surface area contributed by atoms with Crippen molar-refractivity contribution < 1.29 is 14.3 Å². The molecule has 2 unspecified atom stereocenters. The summed E-state index contributed by atoms with van der Waals surface area (Å²) >= 11 is 0. The van der Waals surface area contributed by atoms with Crippen molar-refractivity contribution in [2.75, 3.05) is 0 Å². The van der Waals surface area contributed by atoms with Crippen LogP contribution >= 0.6 is 0 Å². The van der Waals surface area contributed by atoms with Gasteiger partial charge in [-0.15, -0.1) is 0 Å². The van der Waals surface area contributed by atoms with Crippen molar-refractivity contribution in [1.82, 2.24) is 0 Å². The van der Waals surface area contributed by atoms with E-state index in [0.29, 0.717) is 30.4 Å². The first-order valence-corrected chi connectivity index (χ1v) is 6.12. The van der Waals surface area contributed by atoms with Gasteiger partial charge in [0.2, 0.25) is 0 Å². The lowest BCUT2D eigenvalue weighted by molar-refractivity contribution is -0.149. The third-order valence-electron chi connectivity index (χ3n) is 4.20. The summed E-state index contributed by atoms with van der Waals surface area (Å²) < 4.78 is 5.76. The van der Waals surface area contributed by atoms with E-state index in [1.807, 2.05) is 12.1 Å². The molecule has 0 aromatic carbocycles. The molecule has 0 aliphatic heterocycles. The second-order valence-corrected chi connectivity index (χ2v) is 5.58. The van der Waals surface area contributed by atoms with Crippen LogP contribution in [0.5, 0.6) is 0 Å². The molecule has 0 radical (unpaired) electrons. The first kappa shape index (κ1) is 10.8. The third kappa shape index (κ3) is 1.51. The molecule has 1 aromatic rings. The van der Waals surface area contributed by atoms with E-state index >= 15 is 0 Å². The maximum atomic E-state index is 11.4. The van der Waals surface area contributed by atoms with E-state index in [9.17, 15) is 9.90 Å². The number of rotatable bonds is 3. The van der Waals surface area contributed by atoms with Gasteiger partial charge in [-0.2, -0.15) is 0 Å². The molecule has 3 rings (SSSR count). The van der Waals surface area contributed by atoms with Crippen molar-refractivity contribution in [2.24, 2.45) is 11.7 Å². The maximum Gasteiger partial charge on any atom is 0.317 e. The Morgan fingerprint density at radius 1 is 1.53 bits per heavy atom. The van der Waals surface area contributed by atoms with Crippen LogP contribution in [-0.4, -0.2) is 17.1 Å². The second kappa shape index (κ2) is 3.35. The SMILES string of the molecule is CC1CC1c1ccc(C2(C(=O)O)CC(N)C2)o1. The zero-order valence-corrected chi connectivity index (χ0v) is 9.85. The number of hydrogen-bond acceptors (Lipinski definition) is 3. The lowest BCUT2D eigenvalue weighted by Gasteiger charge is -2.40. The standard InChI is InChI=1S/C13H17NO3/c1-7-4-9(7)10-2-3-11(17-10)13(12(15)16)5-8(14)6-13/h2-3,7-9H,4-6,14H2,1H3,(H,15,16). The first-order valence-electron chi connectivity index (χ1n) is 6.12. The predicted molar refractivity (Wildman–Crippen MR) is 61.8 cm³/mol. The van der Waals surface area contributed by atoms with Crippen molar-refractivity contribution in [3.8, 4) is 0 Å². The van der Waals surface area contributed by atoms with Crippen LogP contribution in [0.1, 0.15) is 43.6 Å². The number of hydrogen-bond donors (Lipinski definition) is 2. The molecular weight excluding hydrogens is 218 g/mol. The molecule has 2 aliphatic rings. The fourth-order valence-electron chi connectivity index (χ4n) is 2.84. The summed E-state index contributed by atoms with van der Waals surface area (Å²) in [6.07, 6.45) is 2.11. The zero-order valence-electron chi connectivity index (χ0n) is 9.85. The summed E-state index contributed by atoms with van der Waals surface area (Å²) in [4.78, 5) is 11.4. The zero-order chi connectivity index (χ0) is 12.2. The van der Waals surface area contributed by atoms with Crippen LogP contribution in [0.2, 0.25) is 0 Å².